The number of aromatic amines is 1. The van der Waals surface area contributed by atoms with E-state index in [1.165, 1.54) is 19.1 Å². The van der Waals surface area contributed by atoms with Gasteiger partial charge in [0.05, 0.1) is 10.4 Å². The van der Waals surface area contributed by atoms with Crippen molar-refractivity contribution in [2.75, 3.05) is 6.26 Å². The molecule has 18 heavy (non-hydrogen) atoms. The van der Waals surface area contributed by atoms with Gasteiger partial charge in [0.25, 0.3) is 0 Å². The molecule has 0 unspecified atom stereocenters. The molecule has 1 aromatic heterocycles. The van der Waals surface area contributed by atoms with E-state index in [0.717, 1.165) is 24.2 Å². The van der Waals surface area contributed by atoms with Crippen molar-refractivity contribution >= 4 is 20.9 Å². The first-order valence-electron chi connectivity index (χ1n) is 6.24. The summed E-state index contributed by atoms with van der Waals surface area (Å²) in [6, 6.07) is 5.27. The Kier molecular flexibility index (Phi) is 2.66. The van der Waals surface area contributed by atoms with Gasteiger partial charge in [-0.1, -0.05) is 18.9 Å². The molecule has 3 rings (SSSR count). The zero-order chi connectivity index (χ0) is 12.8. The number of aromatic nitrogens is 2. The lowest BCUT2D eigenvalue weighted by Gasteiger charge is -2.02. The second kappa shape index (κ2) is 4.09. The van der Waals surface area contributed by atoms with Crippen LogP contribution in [-0.4, -0.2) is 24.6 Å². The van der Waals surface area contributed by atoms with Gasteiger partial charge in [-0.25, -0.2) is 13.4 Å². The average molecular weight is 264 g/mol. The lowest BCUT2D eigenvalue weighted by atomic mass is 10.1. The second-order valence-electron chi connectivity index (χ2n) is 5.03. The molecular weight excluding hydrogens is 248 g/mol. The molecule has 5 heteroatoms. The van der Waals surface area contributed by atoms with Gasteiger partial charge in [-0.2, -0.15) is 0 Å². The Morgan fingerprint density at radius 3 is 2.67 bits per heavy atom. The van der Waals surface area contributed by atoms with E-state index in [1.54, 1.807) is 12.1 Å². The number of sulfone groups is 1. The number of hydrogen-bond donors (Lipinski definition) is 1. The minimum Gasteiger partial charge on any atom is -0.342 e. The minimum atomic E-state index is -3.22. The van der Waals surface area contributed by atoms with E-state index in [4.69, 9.17) is 0 Å². The number of hydrogen-bond acceptors (Lipinski definition) is 3. The monoisotopic (exact) mass is 264 g/mol. The van der Waals surface area contributed by atoms with Crippen LogP contribution in [0.4, 0.5) is 0 Å². The molecule has 0 spiro atoms. The highest BCUT2D eigenvalue weighted by Gasteiger charge is 2.22. The van der Waals surface area contributed by atoms with Crippen molar-refractivity contribution in [3.8, 4) is 0 Å². The predicted molar refractivity (Wildman–Crippen MR) is 70.4 cm³/mol. The van der Waals surface area contributed by atoms with Crippen molar-refractivity contribution in [1.29, 1.82) is 0 Å². The van der Waals surface area contributed by atoms with Crippen LogP contribution in [0.5, 0.6) is 0 Å². The Balaban J connectivity index is 2.17. The smallest absolute Gasteiger partial charge is 0.177 e. The lowest BCUT2D eigenvalue weighted by Crippen LogP contribution is -1.98. The van der Waals surface area contributed by atoms with Gasteiger partial charge in [0.15, 0.2) is 9.84 Å². The standard InChI is InChI=1S/C13H16N2O2S/c1-18(16,17)11-8-4-7-10-12(11)15-13(14-10)9-5-2-3-6-9/h4,7-9H,2-3,5-6H2,1H3,(H,14,15). The molecule has 1 heterocycles. The molecule has 4 nitrogen and oxygen atoms in total. The van der Waals surface area contributed by atoms with E-state index in [1.807, 2.05) is 6.07 Å². The zero-order valence-corrected chi connectivity index (χ0v) is 11.1. The fourth-order valence-electron chi connectivity index (χ4n) is 2.72. The molecule has 0 amide bonds. The first-order chi connectivity index (χ1) is 8.55. The van der Waals surface area contributed by atoms with Crippen LogP contribution >= 0.6 is 0 Å². The molecular formula is C13H16N2O2S. The molecule has 0 saturated heterocycles. The fourth-order valence-corrected chi connectivity index (χ4v) is 3.55. The molecule has 96 valence electrons. The van der Waals surface area contributed by atoms with Crippen LogP contribution in [0.3, 0.4) is 0 Å². The van der Waals surface area contributed by atoms with E-state index >= 15 is 0 Å². The summed E-state index contributed by atoms with van der Waals surface area (Å²) in [4.78, 5) is 8.12. The molecule has 0 bridgehead atoms. The molecule has 1 aliphatic rings. The lowest BCUT2D eigenvalue weighted by molar-refractivity contribution is 0.602. The molecule has 1 fully saturated rings. The summed E-state index contributed by atoms with van der Waals surface area (Å²) in [6.45, 7) is 0. The van der Waals surface area contributed by atoms with Gasteiger partial charge in [-0.3, -0.25) is 0 Å². The van der Waals surface area contributed by atoms with Crippen molar-refractivity contribution in [3.05, 3.63) is 24.0 Å². The van der Waals surface area contributed by atoms with Crippen LogP contribution in [0.2, 0.25) is 0 Å². The molecule has 1 N–H and O–H groups in total. The van der Waals surface area contributed by atoms with Crippen molar-refractivity contribution < 1.29 is 8.42 Å². The quantitative estimate of drug-likeness (QED) is 0.907. The maximum atomic E-state index is 11.7. The average Bonchev–Trinajstić information content (AvgIpc) is 2.95. The number of fused-ring (bicyclic) bond motifs is 1. The van der Waals surface area contributed by atoms with Gasteiger partial charge in [-0.15, -0.1) is 0 Å². The van der Waals surface area contributed by atoms with Crippen LogP contribution in [0.15, 0.2) is 23.1 Å². The molecule has 1 saturated carbocycles. The van der Waals surface area contributed by atoms with Gasteiger partial charge in [0, 0.05) is 12.2 Å². The Labute approximate surface area is 106 Å². The predicted octanol–water partition coefficient (Wildman–Crippen LogP) is 2.62. The van der Waals surface area contributed by atoms with Gasteiger partial charge >= 0.3 is 0 Å². The topological polar surface area (TPSA) is 62.8 Å². The first kappa shape index (κ1) is 11.7. The Morgan fingerprint density at radius 2 is 2.00 bits per heavy atom. The summed E-state index contributed by atoms with van der Waals surface area (Å²) in [5.74, 6) is 1.41. The second-order valence-corrected chi connectivity index (χ2v) is 7.01. The highest BCUT2D eigenvalue weighted by Crippen LogP contribution is 2.34. The Morgan fingerprint density at radius 1 is 1.28 bits per heavy atom. The molecule has 2 aromatic rings. The number of para-hydroxylation sites is 1. The van der Waals surface area contributed by atoms with E-state index < -0.39 is 9.84 Å². The third kappa shape index (κ3) is 1.92. The summed E-state index contributed by atoms with van der Waals surface area (Å²) < 4.78 is 23.4. The SMILES string of the molecule is CS(=O)(=O)c1cccc2[nH]c(C3CCCC3)nc12. The minimum absolute atomic E-state index is 0.320. The van der Waals surface area contributed by atoms with Crippen LogP contribution in [0.25, 0.3) is 11.0 Å². The van der Waals surface area contributed by atoms with Crippen LogP contribution in [-0.2, 0) is 9.84 Å². The number of imidazole rings is 1. The number of rotatable bonds is 2. The van der Waals surface area contributed by atoms with E-state index in [2.05, 4.69) is 9.97 Å². The summed E-state index contributed by atoms with van der Waals surface area (Å²) >= 11 is 0. The van der Waals surface area contributed by atoms with Crippen LogP contribution < -0.4 is 0 Å². The maximum Gasteiger partial charge on any atom is 0.177 e. The largest absolute Gasteiger partial charge is 0.342 e. The number of nitrogens with one attached hydrogen (secondary N) is 1. The third-order valence-corrected chi connectivity index (χ3v) is 4.76. The Hall–Kier alpha value is -1.36. The van der Waals surface area contributed by atoms with Crippen molar-refractivity contribution in [2.24, 2.45) is 0 Å². The normalized spacial score (nSPS) is 17.6. The molecule has 1 aliphatic carbocycles. The number of nitrogens with zero attached hydrogens (tertiary/aromatic N) is 1. The zero-order valence-electron chi connectivity index (χ0n) is 10.3. The number of H-pyrrole nitrogens is 1. The fraction of sp³-hybridized carbons (Fsp3) is 0.462. The van der Waals surface area contributed by atoms with Crippen molar-refractivity contribution in [1.82, 2.24) is 9.97 Å². The van der Waals surface area contributed by atoms with Crippen LogP contribution in [0.1, 0.15) is 37.4 Å². The van der Waals surface area contributed by atoms with E-state index in [9.17, 15) is 8.42 Å². The summed E-state index contributed by atoms with van der Waals surface area (Å²) in [5.41, 5.74) is 1.40. The number of benzene rings is 1. The van der Waals surface area contributed by atoms with Crippen LogP contribution in [0, 0.1) is 0 Å². The summed E-state index contributed by atoms with van der Waals surface area (Å²) in [5, 5.41) is 0. The molecule has 0 aliphatic heterocycles. The van der Waals surface area contributed by atoms with Crippen molar-refractivity contribution in [2.45, 2.75) is 36.5 Å². The highest BCUT2D eigenvalue weighted by atomic mass is 32.2. The van der Waals surface area contributed by atoms with Gasteiger partial charge in [0.2, 0.25) is 0 Å². The summed E-state index contributed by atoms with van der Waals surface area (Å²) in [7, 11) is -3.22. The first-order valence-corrected chi connectivity index (χ1v) is 8.13. The van der Waals surface area contributed by atoms with Gasteiger partial charge < -0.3 is 4.98 Å². The molecule has 1 aromatic carbocycles. The third-order valence-electron chi connectivity index (χ3n) is 3.64. The van der Waals surface area contributed by atoms with E-state index in [0.29, 0.717) is 16.3 Å². The molecule has 0 atom stereocenters. The summed E-state index contributed by atoms with van der Waals surface area (Å²) in [6.07, 6.45) is 6.00. The molecule has 0 radical (unpaired) electrons. The van der Waals surface area contributed by atoms with E-state index in [-0.39, 0.29) is 0 Å². The van der Waals surface area contributed by atoms with Crippen molar-refractivity contribution in [3.63, 3.8) is 0 Å². The van der Waals surface area contributed by atoms with Gasteiger partial charge in [-0.05, 0) is 25.0 Å². The maximum absolute atomic E-state index is 11.7. The highest BCUT2D eigenvalue weighted by molar-refractivity contribution is 7.91. The Bertz CT molecular complexity index is 682. The van der Waals surface area contributed by atoms with Gasteiger partial charge in [0.1, 0.15) is 11.3 Å².